The fourth-order valence-electron chi connectivity index (χ4n) is 5.44. The zero-order valence-electron chi connectivity index (χ0n) is 19.9. The first kappa shape index (κ1) is 24.6. The summed E-state index contributed by atoms with van der Waals surface area (Å²) in [7, 11) is 0. The highest BCUT2D eigenvalue weighted by atomic mass is 19.2. The van der Waals surface area contributed by atoms with Gasteiger partial charge in [-0.1, -0.05) is 31.9 Å². The molecule has 0 N–H and O–H groups in total. The second-order valence-electron chi connectivity index (χ2n) is 9.82. The van der Waals surface area contributed by atoms with Crippen LogP contribution >= 0.6 is 0 Å². The predicted molar refractivity (Wildman–Crippen MR) is 125 cm³/mol. The molecule has 0 unspecified atom stereocenters. The van der Waals surface area contributed by atoms with E-state index >= 15 is 0 Å². The third-order valence-corrected chi connectivity index (χ3v) is 7.53. The number of carbonyl (C=O) groups is 1. The average Bonchev–Trinajstić information content (AvgIpc) is 2.83. The molecule has 34 heavy (non-hydrogen) atoms. The standard InChI is InChI=1S/C28H33F3O3/c1-3-33-21-12-13-22(24(29)16-21)18-8-10-20(11-9-18)28(32)34-25-15-14-23(26(30)27(25)31)19-6-4-17(2)5-7-19/h12-20H,3-11H2,1-2H3. The van der Waals surface area contributed by atoms with E-state index in [2.05, 4.69) is 6.92 Å². The smallest absolute Gasteiger partial charge is 0.314 e. The molecule has 2 aliphatic rings. The second-order valence-corrected chi connectivity index (χ2v) is 9.82. The molecule has 0 aliphatic heterocycles. The van der Waals surface area contributed by atoms with Crippen LogP contribution in [0, 0.1) is 29.3 Å². The van der Waals surface area contributed by atoms with Gasteiger partial charge >= 0.3 is 5.97 Å². The summed E-state index contributed by atoms with van der Waals surface area (Å²) in [4.78, 5) is 12.7. The Morgan fingerprint density at radius 2 is 1.47 bits per heavy atom. The lowest BCUT2D eigenvalue weighted by Gasteiger charge is -2.28. The maximum Gasteiger partial charge on any atom is 0.314 e. The Morgan fingerprint density at radius 1 is 0.853 bits per heavy atom. The Hall–Kier alpha value is -2.50. The number of benzene rings is 2. The number of carbonyl (C=O) groups excluding carboxylic acids is 1. The molecule has 0 atom stereocenters. The number of ether oxygens (including phenoxy) is 2. The lowest BCUT2D eigenvalue weighted by Crippen LogP contribution is -2.26. The maximum atomic E-state index is 14.8. The minimum atomic E-state index is -1.09. The summed E-state index contributed by atoms with van der Waals surface area (Å²) in [6, 6.07) is 7.85. The molecule has 184 valence electrons. The highest BCUT2D eigenvalue weighted by Crippen LogP contribution is 2.40. The minimum absolute atomic E-state index is 0.00593. The Kier molecular flexibility index (Phi) is 7.84. The van der Waals surface area contributed by atoms with E-state index in [1.807, 2.05) is 6.92 Å². The Morgan fingerprint density at radius 3 is 2.12 bits per heavy atom. The van der Waals surface area contributed by atoms with Crippen molar-refractivity contribution in [2.75, 3.05) is 6.61 Å². The molecule has 2 aliphatic carbocycles. The van der Waals surface area contributed by atoms with Crippen LogP contribution < -0.4 is 9.47 Å². The molecule has 0 amide bonds. The molecule has 2 fully saturated rings. The topological polar surface area (TPSA) is 35.5 Å². The third-order valence-electron chi connectivity index (χ3n) is 7.53. The van der Waals surface area contributed by atoms with Gasteiger partial charge in [0.1, 0.15) is 11.6 Å². The Balaban J connectivity index is 1.35. The van der Waals surface area contributed by atoms with Crippen molar-refractivity contribution < 1.29 is 27.4 Å². The van der Waals surface area contributed by atoms with Gasteiger partial charge in [-0.25, -0.2) is 8.78 Å². The van der Waals surface area contributed by atoms with Gasteiger partial charge in [0.2, 0.25) is 5.82 Å². The first-order chi connectivity index (χ1) is 16.4. The molecule has 0 heterocycles. The Labute approximate surface area is 199 Å². The summed E-state index contributed by atoms with van der Waals surface area (Å²) < 4.78 is 54.7. The van der Waals surface area contributed by atoms with E-state index in [0.717, 1.165) is 25.7 Å². The van der Waals surface area contributed by atoms with Crippen molar-refractivity contribution in [3.05, 3.63) is 58.9 Å². The number of halogens is 3. The zero-order chi connectivity index (χ0) is 24.2. The van der Waals surface area contributed by atoms with E-state index in [0.29, 0.717) is 55.1 Å². The fourth-order valence-corrected chi connectivity index (χ4v) is 5.44. The van der Waals surface area contributed by atoms with Crippen molar-refractivity contribution in [2.45, 2.75) is 77.0 Å². The Bertz CT molecular complexity index is 1010. The molecular weight excluding hydrogens is 441 g/mol. The fraction of sp³-hybridized carbons (Fsp3) is 0.536. The molecule has 2 saturated carbocycles. The van der Waals surface area contributed by atoms with Crippen molar-refractivity contribution >= 4 is 5.97 Å². The molecule has 0 bridgehead atoms. The number of rotatable bonds is 6. The van der Waals surface area contributed by atoms with Crippen LogP contribution in [0.25, 0.3) is 0 Å². The lowest BCUT2D eigenvalue weighted by atomic mass is 9.78. The monoisotopic (exact) mass is 474 g/mol. The normalized spacial score (nSPS) is 25.1. The van der Waals surface area contributed by atoms with Crippen LogP contribution in [-0.4, -0.2) is 12.6 Å². The van der Waals surface area contributed by atoms with Crippen molar-refractivity contribution in [1.82, 2.24) is 0 Å². The van der Waals surface area contributed by atoms with E-state index in [1.54, 1.807) is 18.2 Å². The zero-order valence-corrected chi connectivity index (χ0v) is 19.9. The number of esters is 1. The highest BCUT2D eigenvalue weighted by Gasteiger charge is 2.31. The summed E-state index contributed by atoms with van der Waals surface area (Å²) in [6.07, 6.45) is 5.97. The van der Waals surface area contributed by atoms with Crippen LogP contribution in [0.3, 0.4) is 0 Å². The molecule has 0 radical (unpaired) electrons. The van der Waals surface area contributed by atoms with Gasteiger partial charge in [0.25, 0.3) is 0 Å². The van der Waals surface area contributed by atoms with Crippen molar-refractivity contribution in [2.24, 2.45) is 11.8 Å². The van der Waals surface area contributed by atoms with Gasteiger partial charge < -0.3 is 9.47 Å². The lowest BCUT2D eigenvalue weighted by molar-refractivity contribution is -0.140. The molecular formula is C28H33F3O3. The summed E-state index contributed by atoms with van der Waals surface area (Å²) in [5, 5.41) is 0. The van der Waals surface area contributed by atoms with Gasteiger partial charge in [0, 0.05) is 6.07 Å². The molecule has 3 nitrogen and oxygen atoms in total. The maximum absolute atomic E-state index is 14.8. The van der Waals surface area contributed by atoms with E-state index in [1.165, 1.54) is 12.1 Å². The van der Waals surface area contributed by atoms with Gasteiger partial charge in [-0.05, 0) is 86.5 Å². The molecule has 0 saturated heterocycles. The van der Waals surface area contributed by atoms with E-state index in [4.69, 9.17) is 9.47 Å². The van der Waals surface area contributed by atoms with Gasteiger partial charge in [-0.15, -0.1) is 0 Å². The van der Waals surface area contributed by atoms with E-state index in [-0.39, 0.29) is 23.4 Å². The molecule has 4 rings (SSSR count). The predicted octanol–water partition coefficient (Wildman–Crippen LogP) is 7.68. The van der Waals surface area contributed by atoms with Crippen LogP contribution in [0.15, 0.2) is 30.3 Å². The summed E-state index contributed by atoms with van der Waals surface area (Å²) in [6.45, 7) is 4.49. The van der Waals surface area contributed by atoms with Crippen LogP contribution in [0.2, 0.25) is 0 Å². The quantitative estimate of drug-likeness (QED) is 0.318. The van der Waals surface area contributed by atoms with Crippen molar-refractivity contribution in [3.63, 3.8) is 0 Å². The molecule has 0 aromatic heterocycles. The van der Waals surface area contributed by atoms with Crippen molar-refractivity contribution in [3.8, 4) is 11.5 Å². The number of hydrogen-bond donors (Lipinski definition) is 0. The van der Waals surface area contributed by atoms with Crippen LogP contribution in [0.1, 0.15) is 88.2 Å². The third kappa shape index (κ3) is 5.42. The largest absolute Gasteiger partial charge is 0.494 e. The van der Waals surface area contributed by atoms with Gasteiger partial charge in [0.15, 0.2) is 11.6 Å². The van der Waals surface area contributed by atoms with Crippen molar-refractivity contribution in [1.29, 1.82) is 0 Å². The first-order valence-corrected chi connectivity index (χ1v) is 12.5. The summed E-state index contributed by atoms with van der Waals surface area (Å²) in [5.41, 5.74) is 0.998. The van der Waals surface area contributed by atoms with E-state index in [9.17, 15) is 18.0 Å². The van der Waals surface area contributed by atoms with Crippen LogP contribution in [0.5, 0.6) is 11.5 Å². The average molecular weight is 475 g/mol. The second kappa shape index (κ2) is 10.8. The minimum Gasteiger partial charge on any atom is -0.494 e. The van der Waals surface area contributed by atoms with E-state index < -0.39 is 23.5 Å². The molecule has 2 aromatic carbocycles. The SMILES string of the molecule is CCOc1ccc(C2CCC(C(=O)Oc3ccc(C4CCC(C)CC4)c(F)c3F)CC2)c(F)c1. The summed E-state index contributed by atoms with van der Waals surface area (Å²) in [5.74, 6) is -2.48. The molecule has 2 aromatic rings. The van der Waals surface area contributed by atoms with Gasteiger partial charge in [-0.3, -0.25) is 4.79 Å². The van der Waals surface area contributed by atoms with Crippen LogP contribution in [-0.2, 0) is 4.79 Å². The molecule has 0 spiro atoms. The number of hydrogen-bond acceptors (Lipinski definition) is 3. The highest BCUT2D eigenvalue weighted by molar-refractivity contribution is 5.75. The van der Waals surface area contributed by atoms with Gasteiger partial charge in [-0.2, -0.15) is 4.39 Å². The van der Waals surface area contributed by atoms with Crippen LogP contribution in [0.4, 0.5) is 13.2 Å². The van der Waals surface area contributed by atoms with Gasteiger partial charge in [0.05, 0.1) is 12.5 Å². The molecule has 6 heteroatoms. The first-order valence-electron chi connectivity index (χ1n) is 12.5. The summed E-state index contributed by atoms with van der Waals surface area (Å²) >= 11 is 0.